The van der Waals surface area contributed by atoms with Crippen molar-refractivity contribution in [3.63, 3.8) is 0 Å². The first-order chi connectivity index (χ1) is 6.09. The molecule has 0 amide bonds. The van der Waals surface area contributed by atoms with E-state index in [4.69, 9.17) is 4.84 Å². The van der Waals surface area contributed by atoms with Gasteiger partial charge in [0, 0.05) is 6.04 Å². The highest BCUT2D eigenvalue weighted by Crippen LogP contribution is 2.16. The minimum Gasteiger partial charge on any atom is -0.405 e. The maximum atomic E-state index is 13.1. The molecule has 0 unspecified atom stereocenters. The first kappa shape index (κ1) is 9.99. The van der Waals surface area contributed by atoms with Gasteiger partial charge < -0.3 is 4.84 Å². The SMILES string of the molecule is Cc1ccc(ONC(C)C)c(F)c1. The van der Waals surface area contributed by atoms with Gasteiger partial charge in [-0.3, -0.25) is 0 Å². The van der Waals surface area contributed by atoms with Crippen LogP contribution in [0, 0.1) is 12.7 Å². The zero-order valence-corrected chi connectivity index (χ0v) is 8.10. The van der Waals surface area contributed by atoms with E-state index in [1.807, 2.05) is 20.8 Å². The number of hydroxylamine groups is 1. The maximum absolute atomic E-state index is 13.1. The summed E-state index contributed by atoms with van der Waals surface area (Å²) in [5.41, 5.74) is 3.57. The van der Waals surface area contributed by atoms with Crippen LogP contribution in [0.15, 0.2) is 18.2 Å². The number of hydrogen-bond acceptors (Lipinski definition) is 2. The molecule has 1 rings (SSSR count). The maximum Gasteiger partial charge on any atom is 0.182 e. The third-order valence-electron chi connectivity index (χ3n) is 1.49. The third kappa shape index (κ3) is 3.03. The van der Waals surface area contributed by atoms with Gasteiger partial charge in [0.2, 0.25) is 0 Å². The molecular formula is C10H14FNO. The molecule has 13 heavy (non-hydrogen) atoms. The van der Waals surface area contributed by atoms with Gasteiger partial charge in [-0.15, -0.1) is 0 Å². The van der Waals surface area contributed by atoms with Crippen LogP contribution in [0.25, 0.3) is 0 Å². The van der Waals surface area contributed by atoms with Crippen LogP contribution in [-0.2, 0) is 0 Å². The van der Waals surface area contributed by atoms with Crippen molar-refractivity contribution in [1.82, 2.24) is 5.48 Å². The molecule has 0 bridgehead atoms. The molecule has 3 heteroatoms. The highest BCUT2D eigenvalue weighted by atomic mass is 19.1. The summed E-state index contributed by atoms with van der Waals surface area (Å²) >= 11 is 0. The average Bonchev–Trinajstić information content (AvgIpc) is 2.02. The number of nitrogens with one attached hydrogen (secondary N) is 1. The van der Waals surface area contributed by atoms with Crippen LogP contribution >= 0.6 is 0 Å². The second kappa shape index (κ2) is 4.23. The quantitative estimate of drug-likeness (QED) is 0.727. The monoisotopic (exact) mass is 183 g/mol. The Bertz CT molecular complexity index is 286. The van der Waals surface area contributed by atoms with E-state index >= 15 is 0 Å². The molecule has 1 aromatic carbocycles. The summed E-state index contributed by atoms with van der Waals surface area (Å²) in [5, 5.41) is 0. The van der Waals surface area contributed by atoms with Gasteiger partial charge in [-0.2, -0.15) is 5.48 Å². The van der Waals surface area contributed by atoms with Crippen molar-refractivity contribution in [2.45, 2.75) is 26.8 Å². The summed E-state index contributed by atoms with van der Waals surface area (Å²) in [7, 11) is 0. The fourth-order valence-electron chi connectivity index (χ4n) is 0.870. The molecule has 0 aliphatic carbocycles. The lowest BCUT2D eigenvalue weighted by atomic mass is 10.2. The lowest BCUT2D eigenvalue weighted by molar-refractivity contribution is 0.161. The second-order valence-electron chi connectivity index (χ2n) is 3.31. The van der Waals surface area contributed by atoms with Crippen molar-refractivity contribution < 1.29 is 9.23 Å². The Morgan fingerprint density at radius 1 is 1.38 bits per heavy atom. The molecule has 0 aromatic heterocycles. The molecule has 0 fully saturated rings. The molecule has 0 spiro atoms. The van der Waals surface area contributed by atoms with Crippen molar-refractivity contribution >= 4 is 0 Å². The largest absolute Gasteiger partial charge is 0.405 e. The van der Waals surface area contributed by atoms with Gasteiger partial charge in [-0.05, 0) is 38.5 Å². The minimum absolute atomic E-state index is 0.167. The van der Waals surface area contributed by atoms with Crippen LogP contribution in [-0.4, -0.2) is 6.04 Å². The molecule has 0 aliphatic rings. The van der Waals surface area contributed by atoms with Gasteiger partial charge in [-0.1, -0.05) is 6.07 Å². The Morgan fingerprint density at radius 2 is 2.08 bits per heavy atom. The Balaban J connectivity index is 2.67. The molecule has 0 heterocycles. The van der Waals surface area contributed by atoms with Crippen molar-refractivity contribution in [3.8, 4) is 5.75 Å². The lowest BCUT2D eigenvalue weighted by Gasteiger charge is -2.10. The van der Waals surface area contributed by atoms with Crippen LogP contribution in [0.2, 0.25) is 0 Å². The van der Waals surface area contributed by atoms with Crippen LogP contribution in [0.5, 0.6) is 5.75 Å². The van der Waals surface area contributed by atoms with Crippen LogP contribution in [0.1, 0.15) is 19.4 Å². The fourth-order valence-corrected chi connectivity index (χ4v) is 0.870. The predicted molar refractivity (Wildman–Crippen MR) is 50.0 cm³/mol. The fraction of sp³-hybridized carbons (Fsp3) is 0.400. The molecule has 0 aliphatic heterocycles. The van der Waals surface area contributed by atoms with Crippen molar-refractivity contribution in [3.05, 3.63) is 29.6 Å². The van der Waals surface area contributed by atoms with E-state index in [2.05, 4.69) is 5.48 Å². The number of benzene rings is 1. The summed E-state index contributed by atoms with van der Waals surface area (Å²) in [6.45, 7) is 5.68. The van der Waals surface area contributed by atoms with Gasteiger partial charge in [0.1, 0.15) is 0 Å². The van der Waals surface area contributed by atoms with E-state index in [1.165, 1.54) is 6.07 Å². The van der Waals surface area contributed by atoms with Crippen LogP contribution in [0.4, 0.5) is 4.39 Å². The van der Waals surface area contributed by atoms with Crippen molar-refractivity contribution in [1.29, 1.82) is 0 Å². The number of hydrogen-bond donors (Lipinski definition) is 1. The smallest absolute Gasteiger partial charge is 0.182 e. The number of halogens is 1. The summed E-state index contributed by atoms with van der Waals surface area (Å²) < 4.78 is 13.1. The van der Waals surface area contributed by atoms with E-state index in [9.17, 15) is 4.39 Å². The molecule has 1 N–H and O–H groups in total. The van der Waals surface area contributed by atoms with E-state index in [1.54, 1.807) is 12.1 Å². The highest BCUT2D eigenvalue weighted by molar-refractivity contribution is 5.28. The van der Waals surface area contributed by atoms with Gasteiger partial charge in [0.25, 0.3) is 0 Å². The molecule has 0 radical (unpaired) electrons. The van der Waals surface area contributed by atoms with E-state index in [0.717, 1.165) is 5.56 Å². The average molecular weight is 183 g/mol. The topological polar surface area (TPSA) is 21.3 Å². The van der Waals surface area contributed by atoms with Gasteiger partial charge in [0.15, 0.2) is 11.6 Å². The van der Waals surface area contributed by atoms with Crippen molar-refractivity contribution in [2.75, 3.05) is 0 Å². The van der Waals surface area contributed by atoms with Crippen LogP contribution in [0.3, 0.4) is 0 Å². The number of aryl methyl sites for hydroxylation is 1. The Morgan fingerprint density at radius 3 is 2.62 bits per heavy atom. The zero-order valence-electron chi connectivity index (χ0n) is 8.10. The summed E-state index contributed by atoms with van der Waals surface area (Å²) in [6, 6.07) is 5.03. The lowest BCUT2D eigenvalue weighted by Crippen LogP contribution is -2.26. The molecule has 2 nitrogen and oxygen atoms in total. The Hall–Kier alpha value is -1.09. The first-order valence-corrected chi connectivity index (χ1v) is 4.28. The molecule has 0 saturated heterocycles. The molecular weight excluding hydrogens is 169 g/mol. The van der Waals surface area contributed by atoms with E-state index in [0.29, 0.717) is 0 Å². The molecule has 0 saturated carbocycles. The molecule has 1 aromatic rings. The van der Waals surface area contributed by atoms with Gasteiger partial charge >= 0.3 is 0 Å². The first-order valence-electron chi connectivity index (χ1n) is 4.28. The molecule has 0 atom stereocenters. The van der Waals surface area contributed by atoms with Gasteiger partial charge in [0.05, 0.1) is 0 Å². The third-order valence-corrected chi connectivity index (χ3v) is 1.49. The zero-order chi connectivity index (χ0) is 9.84. The molecule has 72 valence electrons. The normalized spacial score (nSPS) is 10.5. The summed E-state index contributed by atoms with van der Waals surface area (Å²) in [6.07, 6.45) is 0. The van der Waals surface area contributed by atoms with E-state index in [-0.39, 0.29) is 17.6 Å². The van der Waals surface area contributed by atoms with Crippen molar-refractivity contribution in [2.24, 2.45) is 0 Å². The van der Waals surface area contributed by atoms with E-state index < -0.39 is 0 Å². The second-order valence-corrected chi connectivity index (χ2v) is 3.31. The highest BCUT2D eigenvalue weighted by Gasteiger charge is 2.03. The standard InChI is InChI=1S/C10H14FNO/c1-7(2)12-13-10-5-4-8(3)6-9(10)11/h4-7,12H,1-3H3. The Labute approximate surface area is 77.7 Å². The Kier molecular flexibility index (Phi) is 3.25. The number of rotatable bonds is 3. The predicted octanol–water partition coefficient (Wildman–Crippen LogP) is 2.43. The van der Waals surface area contributed by atoms with Gasteiger partial charge in [-0.25, -0.2) is 4.39 Å². The van der Waals surface area contributed by atoms with Crippen LogP contribution < -0.4 is 10.3 Å². The summed E-state index contributed by atoms with van der Waals surface area (Å²) in [4.78, 5) is 5.03. The minimum atomic E-state index is -0.340. The summed E-state index contributed by atoms with van der Waals surface area (Å²) in [5.74, 6) is -0.104.